The molecule has 0 aliphatic heterocycles. The summed E-state index contributed by atoms with van der Waals surface area (Å²) < 4.78 is 41.3. The Bertz CT molecular complexity index is 1350. The number of nitrogens with zero attached hydrogens (tertiary/aromatic N) is 2. The largest absolute Gasteiger partial charge is 0.418 e. The first-order valence-corrected chi connectivity index (χ1v) is 10.6. The number of para-hydroxylation sites is 1. The average molecular weight is 491 g/mol. The number of aromatic nitrogens is 2. The van der Waals surface area contributed by atoms with Crippen LogP contribution in [0.4, 0.5) is 18.9 Å². The van der Waals surface area contributed by atoms with Gasteiger partial charge in [-0.2, -0.15) is 18.3 Å². The molecule has 0 bridgehead atoms. The molecule has 3 aromatic rings. The Labute approximate surface area is 196 Å². The van der Waals surface area contributed by atoms with Gasteiger partial charge in [-0.1, -0.05) is 23.7 Å². The van der Waals surface area contributed by atoms with E-state index in [1.54, 1.807) is 0 Å². The molecular formula is C23H18ClF3N4O3. The van der Waals surface area contributed by atoms with E-state index in [0.717, 1.165) is 29.7 Å². The van der Waals surface area contributed by atoms with Crippen LogP contribution in [-0.4, -0.2) is 27.6 Å². The summed E-state index contributed by atoms with van der Waals surface area (Å²) >= 11 is 6.17. The number of rotatable bonds is 5. The normalized spacial score (nSPS) is 13.4. The molecule has 34 heavy (non-hydrogen) atoms. The maximum absolute atomic E-state index is 13.5. The van der Waals surface area contributed by atoms with E-state index in [9.17, 15) is 27.6 Å². The maximum atomic E-state index is 13.5. The average Bonchev–Trinajstić information content (AvgIpc) is 3.57. The molecular weight excluding hydrogens is 473 g/mol. The predicted octanol–water partition coefficient (Wildman–Crippen LogP) is 4.36. The molecule has 1 heterocycles. The Kier molecular flexibility index (Phi) is 6.18. The molecule has 7 nitrogen and oxygen atoms in total. The molecule has 2 N–H and O–H groups in total. The number of halogens is 4. The van der Waals surface area contributed by atoms with Crippen LogP contribution in [0, 0.1) is 6.92 Å². The third-order valence-electron chi connectivity index (χ3n) is 5.14. The van der Waals surface area contributed by atoms with Gasteiger partial charge >= 0.3 is 6.18 Å². The van der Waals surface area contributed by atoms with Crippen molar-refractivity contribution in [1.82, 2.24) is 15.1 Å². The standard InChI is InChI=1S/C23H18ClF3N4O3/c1-12-10-19(32)20(30-31(12)18-5-3-2-4-16(18)23(25,26)27)22(34)29-14-8-9-15(17(24)11-14)21(33)28-13-6-7-13/h2-5,8-11,13H,6-7H2,1H3,(H,28,33)(H,29,34). The van der Waals surface area contributed by atoms with Crippen LogP contribution in [0.15, 0.2) is 53.3 Å². The lowest BCUT2D eigenvalue weighted by atomic mass is 10.1. The van der Waals surface area contributed by atoms with Crippen LogP contribution >= 0.6 is 11.6 Å². The van der Waals surface area contributed by atoms with Crippen LogP contribution in [0.25, 0.3) is 5.69 Å². The van der Waals surface area contributed by atoms with Crippen LogP contribution in [0.5, 0.6) is 0 Å². The van der Waals surface area contributed by atoms with Gasteiger partial charge in [0.05, 0.1) is 21.8 Å². The Morgan fingerprint density at radius 2 is 1.79 bits per heavy atom. The van der Waals surface area contributed by atoms with Crippen LogP contribution in [-0.2, 0) is 6.18 Å². The molecule has 0 spiro atoms. The van der Waals surface area contributed by atoms with Crippen molar-refractivity contribution in [3.8, 4) is 5.69 Å². The van der Waals surface area contributed by atoms with E-state index in [1.165, 1.54) is 43.3 Å². The lowest BCUT2D eigenvalue weighted by Crippen LogP contribution is -2.28. The molecule has 0 unspecified atom stereocenters. The van der Waals surface area contributed by atoms with Crippen molar-refractivity contribution in [3.63, 3.8) is 0 Å². The minimum Gasteiger partial charge on any atom is -0.349 e. The molecule has 2 amide bonds. The first-order chi connectivity index (χ1) is 16.0. The molecule has 1 saturated carbocycles. The lowest BCUT2D eigenvalue weighted by Gasteiger charge is -2.16. The van der Waals surface area contributed by atoms with E-state index in [-0.39, 0.29) is 39.6 Å². The number of carbonyl (C=O) groups excluding carboxylic acids is 2. The van der Waals surface area contributed by atoms with Crippen molar-refractivity contribution in [2.24, 2.45) is 0 Å². The first kappa shape index (κ1) is 23.5. The molecule has 0 atom stereocenters. The third kappa shape index (κ3) is 4.96. The van der Waals surface area contributed by atoms with E-state index in [1.807, 2.05) is 0 Å². The highest BCUT2D eigenvalue weighted by Gasteiger charge is 2.34. The Morgan fingerprint density at radius 3 is 2.44 bits per heavy atom. The molecule has 1 aromatic heterocycles. The van der Waals surface area contributed by atoms with Gasteiger partial charge in [-0.25, -0.2) is 4.68 Å². The predicted molar refractivity (Wildman–Crippen MR) is 119 cm³/mol. The van der Waals surface area contributed by atoms with E-state index >= 15 is 0 Å². The quantitative estimate of drug-likeness (QED) is 0.556. The van der Waals surface area contributed by atoms with Gasteiger partial charge in [-0.05, 0) is 50.1 Å². The second-order valence-electron chi connectivity index (χ2n) is 7.82. The number of hydrogen-bond acceptors (Lipinski definition) is 4. The zero-order valence-electron chi connectivity index (χ0n) is 17.7. The van der Waals surface area contributed by atoms with Crippen LogP contribution in [0.1, 0.15) is 44.9 Å². The van der Waals surface area contributed by atoms with Crippen LogP contribution in [0.3, 0.4) is 0 Å². The van der Waals surface area contributed by atoms with Crippen LogP contribution < -0.4 is 16.1 Å². The summed E-state index contributed by atoms with van der Waals surface area (Å²) in [6.45, 7) is 1.41. The van der Waals surface area contributed by atoms with Crippen LogP contribution in [0.2, 0.25) is 5.02 Å². The minimum absolute atomic E-state index is 0.0873. The highest BCUT2D eigenvalue weighted by atomic mass is 35.5. The lowest BCUT2D eigenvalue weighted by molar-refractivity contribution is -0.137. The summed E-state index contributed by atoms with van der Waals surface area (Å²) in [4.78, 5) is 37.4. The highest BCUT2D eigenvalue weighted by Crippen LogP contribution is 2.33. The van der Waals surface area contributed by atoms with Crippen molar-refractivity contribution in [2.45, 2.75) is 32.0 Å². The Morgan fingerprint density at radius 1 is 1.09 bits per heavy atom. The van der Waals surface area contributed by atoms with Crippen molar-refractivity contribution in [1.29, 1.82) is 0 Å². The number of hydrogen-bond donors (Lipinski definition) is 2. The van der Waals surface area contributed by atoms with Gasteiger partial charge in [0, 0.05) is 23.5 Å². The molecule has 2 aromatic carbocycles. The van der Waals surface area contributed by atoms with Gasteiger partial charge in [0.15, 0.2) is 5.69 Å². The van der Waals surface area contributed by atoms with E-state index in [2.05, 4.69) is 15.7 Å². The van der Waals surface area contributed by atoms with Gasteiger partial charge in [-0.3, -0.25) is 14.4 Å². The summed E-state index contributed by atoms with van der Waals surface area (Å²) in [6, 6.07) is 10.1. The SMILES string of the molecule is Cc1cc(=O)c(C(=O)Nc2ccc(C(=O)NC3CC3)c(Cl)c2)nn1-c1ccccc1C(F)(F)F. The van der Waals surface area contributed by atoms with Gasteiger partial charge in [0.25, 0.3) is 11.8 Å². The zero-order chi connectivity index (χ0) is 24.6. The van der Waals surface area contributed by atoms with Gasteiger partial charge in [0.1, 0.15) is 0 Å². The molecule has 11 heteroatoms. The number of aryl methyl sites for hydroxylation is 1. The minimum atomic E-state index is -4.67. The van der Waals surface area contributed by atoms with E-state index < -0.39 is 28.8 Å². The molecule has 1 aliphatic carbocycles. The molecule has 0 radical (unpaired) electrons. The number of carbonyl (C=O) groups is 2. The summed E-state index contributed by atoms with van der Waals surface area (Å²) in [6.07, 6.45) is -2.85. The first-order valence-electron chi connectivity index (χ1n) is 10.2. The van der Waals surface area contributed by atoms with Crippen molar-refractivity contribution < 1.29 is 22.8 Å². The molecule has 1 fully saturated rings. The second kappa shape index (κ2) is 8.94. The zero-order valence-corrected chi connectivity index (χ0v) is 18.5. The van der Waals surface area contributed by atoms with E-state index in [4.69, 9.17) is 11.6 Å². The third-order valence-corrected chi connectivity index (χ3v) is 5.46. The number of alkyl halides is 3. The summed E-state index contributed by atoms with van der Waals surface area (Å²) in [5.74, 6) is -1.27. The fraction of sp³-hybridized carbons (Fsp3) is 0.217. The fourth-order valence-corrected chi connectivity index (χ4v) is 3.57. The van der Waals surface area contributed by atoms with Crippen molar-refractivity contribution in [2.75, 3.05) is 5.32 Å². The number of anilines is 1. The maximum Gasteiger partial charge on any atom is 0.418 e. The fourth-order valence-electron chi connectivity index (χ4n) is 3.30. The molecule has 4 rings (SSSR count). The number of amides is 2. The molecule has 176 valence electrons. The van der Waals surface area contributed by atoms with Crippen molar-refractivity contribution in [3.05, 3.63) is 86.3 Å². The second-order valence-corrected chi connectivity index (χ2v) is 8.23. The van der Waals surface area contributed by atoms with Gasteiger partial charge < -0.3 is 10.6 Å². The van der Waals surface area contributed by atoms with E-state index in [0.29, 0.717) is 0 Å². The Hall–Kier alpha value is -3.66. The number of nitrogens with one attached hydrogen (secondary N) is 2. The Balaban J connectivity index is 1.63. The van der Waals surface area contributed by atoms with Gasteiger partial charge in [-0.15, -0.1) is 0 Å². The highest BCUT2D eigenvalue weighted by molar-refractivity contribution is 6.34. The van der Waals surface area contributed by atoms with Crippen molar-refractivity contribution >= 4 is 29.1 Å². The summed E-state index contributed by atoms with van der Waals surface area (Å²) in [7, 11) is 0. The van der Waals surface area contributed by atoms with Gasteiger partial charge in [0.2, 0.25) is 5.43 Å². The molecule has 0 saturated heterocycles. The topological polar surface area (TPSA) is 93.1 Å². The summed E-state index contributed by atoms with van der Waals surface area (Å²) in [5.41, 5.74) is -2.12. The smallest absolute Gasteiger partial charge is 0.349 e. The molecule has 1 aliphatic rings. The summed E-state index contributed by atoms with van der Waals surface area (Å²) in [5, 5.41) is 9.25. The monoisotopic (exact) mass is 490 g/mol. The number of benzene rings is 2.